The number of hydrogen-bond acceptors (Lipinski definition) is 2. The van der Waals surface area contributed by atoms with E-state index in [9.17, 15) is 4.57 Å². The minimum Gasteiger partial charge on any atom is -1.00 e. The summed E-state index contributed by atoms with van der Waals surface area (Å²) in [5.41, 5.74) is 0. The molecule has 0 saturated heterocycles. The monoisotopic (exact) mass is 176 g/mol. The molecule has 2 radical (unpaired) electrons. The van der Waals surface area contributed by atoms with E-state index >= 15 is 0 Å². The average molecular weight is 176 g/mol. The van der Waals surface area contributed by atoms with Gasteiger partial charge in [0.05, 0.1) is 0 Å². The van der Waals surface area contributed by atoms with Gasteiger partial charge < -0.3 is 19.9 Å². The predicted molar refractivity (Wildman–Crippen MR) is 34.8 cm³/mol. The van der Waals surface area contributed by atoms with Gasteiger partial charge in [0.1, 0.15) is 0 Å². The van der Waals surface area contributed by atoms with Crippen LogP contribution < -0.4 is 0 Å². The molecule has 0 aromatic rings. The van der Waals surface area contributed by atoms with E-state index < -0.39 is 7.82 Å². The molecule has 0 bridgehead atoms. The van der Waals surface area contributed by atoms with Gasteiger partial charge in [-0.05, 0) is 0 Å². The third-order valence-corrected chi connectivity index (χ3v) is 0.412. The van der Waals surface area contributed by atoms with Crippen molar-refractivity contribution in [1.29, 1.82) is 0 Å². The second kappa shape index (κ2) is 7.31. The van der Waals surface area contributed by atoms with Gasteiger partial charge in [-0.2, -0.15) is 0 Å². The molecule has 8 heavy (non-hydrogen) atoms. The van der Waals surface area contributed by atoms with Gasteiger partial charge in [0, 0.05) is 0 Å². The maximum atomic E-state index is 9.35. The molecule has 0 aromatic heterocycles. The molecule has 0 saturated carbocycles. The first-order chi connectivity index (χ1) is 2.56. The van der Waals surface area contributed by atoms with E-state index in [2.05, 4.69) is 12.5 Å². The molecule has 4 nitrogen and oxygen atoms in total. The van der Waals surface area contributed by atoms with Crippen molar-refractivity contribution < 1.29 is 24.5 Å². The molecular weight excluding hydrogens is 170 g/mol. The van der Waals surface area contributed by atoms with Crippen LogP contribution in [0.4, 0.5) is 0 Å². The van der Waals surface area contributed by atoms with E-state index in [0.717, 1.165) is 0 Å². The quantitative estimate of drug-likeness (QED) is 0.392. The molecule has 0 aliphatic carbocycles. The van der Waals surface area contributed by atoms with Gasteiger partial charge in [-0.3, -0.25) is 0 Å². The molecule has 0 rings (SSSR count). The normalized spacial score (nSPS) is 8.75. The topological polar surface area (TPSA) is 66.8 Å². The van der Waals surface area contributed by atoms with Gasteiger partial charge in [-0.15, -0.1) is 0 Å². The fourth-order valence-electron chi connectivity index (χ4n) is 0. The fourth-order valence-corrected chi connectivity index (χ4v) is 0. The summed E-state index contributed by atoms with van der Waals surface area (Å²) in [6.07, 6.45) is 0. The average Bonchev–Trinajstić information content (AvgIpc) is 1.35. The van der Waals surface area contributed by atoms with Crippen LogP contribution in [0, 0.1) is 0 Å². The Balaban J connectivity index is -0.00000000833. The standard InChI is InChI=1S/BH2O4P.Ca.Mg.4H/c1-5-6(2,3)4;;;;;;/h(H2,2,3,4);;;;;;/q;2*+2;4*-1. The third-order valence-electron chi connectivity index (χ3n) is 0.137. The van der Waals surface area contributed by atoms with Crippen LogP contribution in [-0.2, 0) is 9.01 Å². The zero-order valence-electron chi connectivity index (χ0n) is 8.15. The summed E-state index contributed by atoms with van der Waals surface area (Å²) >= 11 is 0. The zero-order chi connectivity index (χ0) is 5.21. The molecule has 42 valence electrons. The van der Waals surface area contributed by atoms with Crippen LogP contribution >= 0.6 is 7.82 Å². The van der Waals surface area contributed by atoms with Crippen LogP contribution in [0.2, 0.25) is 0 Å². The molecule has 0 unspecified atom stereocenters. The van der Waals surface area contributed by atoms with Crippen molar-refractivity contribution in [2.75, 3.05) is 0 Å². The first-order valence-corrected chi connectivity index (χ1v) is 2.53. The smallest absolute Gasteiger partial charge is 1.00 e. The van der Waals surface area contributed by atoms with Crippen molar-refractivity contribution in [3.05, 3.63) is 0 Å². The summed E-state index contributed by atoms with van der Waals surface area (Å²) in [5.74, 6) is 0. The minimum absolute atomic E-state index is 0. The van der Waals surface area contributed by atoms with E-state index in [4.69, 9.17) is 9.79 Å². The number of hydrogen-bond donors (Lipinski definition) is 2. The van der Waals surface area contributed by atoms with Crippen molar-refractivity contribution >= 4 is 76.7 Å². The molecule has 0 amide bonds. The van der Waals surface area contributed by atoms with Crippen LogP contribution in [0.5, 0.6) is 0 Å². The van der Waals surface area contributed by atoms with Gasteiger partial charge >= 0.3 is 68.6 Å². The van der Waals surface area contributed by atoms with Crippen molar-refractivity contribution in [3.63, 3.8) is 0 Å². The van der Waals surface area contributed by atoms with Gasteiger partial charge in [-0.1, -0.05) is 0 Å². The van der Waals surface area contributed by atoms with Crippen LogP contribution in [0.25, 0.3) is 0 Å². The van der Waals surface area contributed by atoms with Crippen LogP contribution in [0.3, 0.4) is 0 Å². The summed E-state index contributed by atoms with van der Waals surface area (Å²) < 4.78 is 12.5. The molecule has 0 atom stereocenters. The Hall–Kier alpha value is 2.20. The summed E-state index contributed by atoms with van der Waals surface area (Å²) in [5, 5.41) is 0. The molecule has 0 heterocycles. The maximum Gasteiger partial charge on any atom is 2.00 e. The van der Waals surface area contributed by atoms with Crippen molar-refractivity contribution in [2.24, 2.45) is 0 Å². The summed E-state index contributed by atoms with van der Waals surface area (Å²) in [7, 11) is -0.326. The second-order valence-corrected chi connectivity index (χ2v) is 1.79. The van der Waals surface area contributed by atoms with Gasteiger partial charge in [-0.25, -0.2) is 4.57 Å². The largest absolute Gasteiger partial charge is 2.00 e. The van der Waals surface area contributed by atoms with Crippen molar-refractivity contribution in [2.45, 2.75) is 0 Å². The SMILES string of the molecule is [B]OP(=O)(O)O.[Ca+2].[H-].[H-].[H-].[H-].[Mg+2]. The Bertz CT molecular complexity index is 91.1. The Labute approximate surface area is 100 Å². The first kappa shape index (κ1) is 16.7. The zero-order valence-corrected chi connectivity index (χ0v) is 8.67. The van der Waals surface area contributed by atoms with Gasteiger partial charge in [0.25, 0.3) is 8.05 Å². The fraction of sp³-hybridized carbons (Fsp3) is 0. The Morgan fingerprint density at radius 3 is 1.75 bits per heavy atom. The van der Waals surface area contributed by atoms with E-state index in [1.807, 2.05) is 0 Å². The van der Waals surface area contributed by atoms with Crippen molar-refractivity contribution in [3.8, 4) is 0 Å². The van der Waals surface area contributed by atoms with Crippen molar-refractivity contribution in [1.82, 2.24) is 0 Å². The van der Waals surface area contributed by atoms with Gasteiger partial charge in [0.15, 0.2) is 0 Å². The molecule has 8 heteroatoms. The predicted octanol–water partition coefficient (Wildman–Crippen LogP) is -1.13. The Kier molecular flexibility index (Phi) is 15.2. The van der Waals surface area contributed by atoms with Crippen LogP contribution in [-0.4, -0.2) is 78.6 Å². The van der Waals surface area contributed by atoms with E-state index in [0.29, 0.717) is 0 Å². The maximum absolute atomic E-state index is 9.35. The Morgan fingerprint density at radius 1 is 1.62 bits per heavy atom. The summed E-state index contributed by atoms with van der Waals surface area (Å²) in [6, 6.07) is 0. The third kappa shape index (κ3) is 15.7. The van der Waals surface area contributed by atoms with E-state index in [-0.39, 0.29) is 66.5 Å². The molecule has 0 spiro atoms. The molecular formula is H6BCaMgO4P. The second-order valence-electron chi connectivity index (χ2n) is 0.596. The first-order valence-electron chi connectivity index (χ1n) is 1.00. The molecule has 0 fully saturated rings. The van der Waals surface area contributed by atoms with E-state index in [1.165, 1.54) is 0 Å². The van der Waals surface area contributed by atoms with Crippen LogP contribution in [0.1, 0.15) is 5.71 Å². The van der Waals surface area contributed by atoms with Crippen LogP contribution in [0.15, 0.2) is 0 Å². The molecule has 0 aromatic carbocycles. The summed E-state index contributed by atoms with van der Waals surface area (Å²) in [4.78, 5) is 15.2. The minimum atomic E-state index is -4.37. The summed E-state index contributed by atoms with van der Waals surface area (Å²) in [6.45, 7) is 0. The Morgan fingerprint density at radius 2 is 1.75 bits per heavy atom. The number of rotatable bonds is 1. The number of phosphoric acid groups is 1. The van der Waals surface area contributed by atoms with Gasteiger partial charge in [0.2, 0.25) is 0 Å². The molecule has 0 aliphatic rings. The van der Waals surface area contributed by atoms with E-state index in [1.54, 1.807) is 0 Å². The molecule has 2 N–H and O–H groups in total. The molecule has 0 aliphatic heterocycles.